The minimum absolute atomic E-state index is 0.259. The Morgan fingerprint density at radius 2 is 2.11 bits per heavy atom. The molecule has 1 aliphatic rings. The molecule has 0 saturated heterocycles. The molecule has 3 atom stereocenters. The SMILES string of the molecule is COc1cc(C)cc2c1[C@H](C)CC[C@H]2[C@@H](C)CO. The average molecular weight is 248 g/mol. The Balaban J connectivity index is 2.53. The fourth-order valence-electron chi connectivity index (χ4n) is 3.24. The van der Waals surface area contributed by atoms with Gasteiger partial charge in [-0.3, -0.25) is 0 Å². The normalized spacial score (nSPS) is 24.5. The molecule has 0 saturated carbocycles. The number of hydrogen-bond acceptors (Lipinski definition) is 2. The van der Waals surface area contributed by atoms with Gasteiger partial charge in [-0.2, -0.15) is 0 Å². The number of aliphatic hydroxyl groups excluding tert-OH is 1. The van der Waals surface area contributed by atoms with E-state index in [0.717, 1.165) is 5.75 Å². The van der Waals surface area contributed by atoms with E-state index < -0.39 is 0 Å². The van der Waals surface area contributed by atoms with E-state index in [1.807, 2.05) is 0 Å². The van der Waals surface area contributed by atoms with Crippen molar-refractivity contribution in [2.24, 2.45) is 5.92 Å². The maximum Gasteiger partial charge on any atom is 0.122 e. The van der Waals surface area contributed by atoms with E-state index in [-0.39, 0.29) is 6.61 Å². The van der Waals surface area contributed by atoms with Gasteiger partial charge in [-0.25, -0.2) is 0 Å². The summed E-state index contributed by atoms with van der Waals surface area (Å²) in [6, 6.07) is 4.41. The molecule has 0 spiro atoms. The van der Waals surface area contributed by atoms with Gasteiger partial charge in [0.2, 0.25) is 0 Å². The standard InChI is InChI=1S/C16H24O2/c1-10-7-14-13(12(3)9-17)6-5-11(2)16(14)15(8-10)18-4/h7-8,11-13,17H,5-6,9H2,1-4H3/t11-,12+,13+/m1/s1. The Kier molecular flexibility index (Phi) is 3.96. The third-order valence-corrected chi connectivity index (χ3v) is 4.32. The lowest BCUT2D eigenvalue weighted by Crippen LogP contribution is -2.21. The Hall–Kier alpha value is -1.02. The zero-order valence-electron chi connectivity index (χ0n) is 11.9. The van der Waals surface area contributed by atoms with Crippen LogP contribution in [-0.2, 0) is 0 Å². The van der Waals surface area contributed by atoms with Gasteiger partial charge >= 0.3 is 0 Å². The Morgan fingerprint density at radius 3 is 2.72 bits per heavy atom. The summed E-state index contributed by atoms with van der Waals surface area (Å²) in [7, 11) is 1.75. The summed E-state index contributed by atoms with van der Waals surface area (Å²) < 4.78 is 5.56. The molecule has 0 bridgehead atoms. The summed E-state index contributed by atoms with van der Waals surface area (Å²) in [4.78, 5) is 0. The molecule has 0 aliphatic heterocycles. The van der Waals surface area contributed by atoms with Crippen molar-refractivity contribution < 1.29 is 9.84 Å². The number of ether oxygens (including phenoxy) is 1. The smallest absolute Gasteiger partial charge is 0.122 e. The quantitative estimate of drug-likeness (QED) is 0.885. The highest BCUT2D eigenvalue weighted by Gasteiger charge is 2.30. The topological polar surface area (TPSA) is 29.5 Å². The molecule has 1 aromatic rings. The number of aliphatic hydroxyl groups is 1. The number of benzene rings is 1. The molecular weight excluding hydrogens is 224 g/mol. The third kappa shape index (κ3) is 2.26. The average Bonchev–Trinajstić information content (AvgIpc) is 2.37. The summed E-state index contributed by atoms with van der Waals surface area (Å²) in [6.07, 6.45) is 2.35. The van der Waals surface area contributed by atoms with Crippen LogP contribution in [0.15, 0.2) is 12.1 Å². The second-order valence-electron chi connectivity index (χ2n) is 5.71. The van der Waals surface area contributed by atoms with Gasteiger partial charge in [-0.15, -0.1) is 0 Å². The second-order valence-corrected chi connectivity index (χ2v) is 5.71. The van der Waals surface area contributed by atoms with Crippen molar-refractivity contribution in [1.29, 1.82) is 0 Å². The van der Waals surface area contributed by atoms with Crippen molar-refractivity contribution in [3.63, 3.8) is 0 Å². The molecule has 2 nitrogen and oxygen atoms in total. The lowest BCUT2D eigenvalue weighted by Gasteiger charge is -2.34. The van der Waals surface area contributed by atoms with Crippen molar-refractivity contribution in [3.05, 3.63) is 28.8 Å². The molecule has 0 amide bonds. The number of fused-ring (bicyclic) bond motifs is 1. The van der Waals surface area contributed by atoms with E-state index in [9.17, 15) is 5.11 Å². The molecule has 2 heteroatoms. The van der Waals surface area contributed by atoms with Crippen LogP contribution in [0.1, 0.15) is 55.2 Å². The van der Waals surface area contributed by atoms with Gasteiger partial charge in [0, 0.05) is 12.2 Å². The summed E-state index contributed by atoms with van der Waals surface area (Å²) >= 11 is 0. The van der Waals surface area contributed by atoms with Crippen LogP contribution < -0.4 is 4.74 Å². The van der Waals surface area contributed by atoms with Gasteiger partial charge in [0.05, 0.1) is 7.11 Å². The molecule has 100 valence electrons. The Bertz CT molecular complexity index is 425. The van der Waals surface area contributed by atoms with Crippen LogP contribution in [0.5, 0.6) is 5.75 Å². The molecule has 2 rings (SSSR count). The highest BCUT2D eigenvalue weighted by atomic mass is 16.5. The van der Waals surface area contributed by atoms with Crippen LogP contribution in [0.4, 0.5) is 0 Å². The van der Waals surface area contributed by atoms with Crippen LogP contribution in [0, 0.1) is 12.8 Å². The molecule has 1 aromatic carbocycles. The van der Waals surface area contributed by atoms with Crippen molar-refractivity contribution in [3.8, 4) is 5.75 Å². The maximum atomic E-state index is 9.44. The largest absolute Gasteiger partial charge is 0.496 e. The Labute approximate surface area is 110 Å². The predicted molar refractivity (Wildman–Crippen MR) is 74.4 cm³/mol. The van der Waals surface area contributed by atoms with E-state index in [1.165, 1.54) is 29.5 Å². The van der Waals surface area contributed by atoms with E-state index in [0.29, 0.717) is 17.8 Å². The Morgan fingerprint density at radius 1 is 1.39 bits per heavy atom. The van der Waals surface area contributed by atoms with Gasteiger partial charge in [0.1, 0.15) is 5.75 Å². The number of methoxy groups -OCH3 is 1. The first-order valence-corrected chi connectivity index (χ1v) is 6.87. The molecule has 0 fully saturated rings. The molecule has 0 unspecified atom stereocenters. The van der Waals surface area contributed by atoms with Crippen LogP contribution >= 0.6 is 0 Å². The number of hydrogen-bond donors (Lipinski definition) is 1. The second kappa shape index (κ2) is 5.31. The van der Waals surface area contributed by atoms with Crippen molar-refractivity contribution in [1.82, 2.24) is 0 Å². The monoisotopic (exact) mass is 248 g/mol. The zero-order valence-corrected chi connectivity index (χ0v) is 11.9. The van der Waals surface area contributed by atoms with Crippen LogP contribution in [0.2, 0.25) is 0 Å². The van der Waals surface area contributed by atoms with E-state index in [4.69, 9.17) is 4.74 Å². The minimum atomic E-state index is 0.259. The summed E-state index contributed by atoms with van der Waals surface area (Å²) in [5.41, 5.74) is 4.00. The van der Waals surface area contributed by atoms with E-state index in [2.05, 4.69) is 32.9 Å². The van der Waals surface area contributed by atoms with Gasteiger partial charge in [-0.05, 0) is 54.7 Å². The third-order valence-electron chi connectivity index (χ3n) is 4.32. The first-order chi connectivity index (χ1) is 8.58. The lowest BCUT2D eigenvalue weighted by atomic mass is 9.72. The molecular formula is C16H24O2. The van der Waals surface area contributed by atoms with Gasteiger partial charge in [0.15, 0.2) is 0 Å². The summed E-state index contributed by atoms with van der Waals surface area (Å²) in [6.45, 7) is 6.78. The van der Waals surface area contributed by atoms with E-state index >= 15 is 0 Å². The van der Waals surface area contributed by atoms with Crippen LogP contribution in [0.3, 0.4) is 0 Å². The number of aryl methyl sites for hydroxylation is 1. The highest BCUT2D eigenvalue weighted by Crippen LogP contribution is 2.46. The first-order valence-electron chi connectivity index (χ1n) is 6.87. The van der Waals surface area contributed by atoms with Gasteiger partial charge in [0.25, 0.3) is 0 Å². The van der Waals surface area contributed by atoms with Crippen LogP contribution in [0.25, 0.3) is 0 Å². The molecule has 1 aliphatic carbocycles. The van der Waals surface area contributed by atoms with Gasteiger partial charge in [-0.1, -0.05) is 19.9 Å². The summed E-state index contributed by atoms with van der Waals surface area (Å²) in [5, 5.41) is 9.44. The van der Waals surface area contributed by atoms with Gasteiger partial charge < -0.3 is 9.84 Å². The van der Waals surface area contributed by atoms with E-state index in [1.54, 1.807) is 7.11 Å². The van der Waals surface area contributed by atoms with Crippen molar-refractivity contribution in [2.45, 2.75) is 45.4 Å². The fraction of sp³-hybridized carbons (Fsp3) is 0.625. The molecule has 18 heavy (non-hydrogen) atoms. The van der Waals surface area contributed by atoms with Crippen molar-refractivity contribution >= 4 is 0 Å². The summed E-state index contributed by atoms with van der Waals surface area (Å²) in [5.74, 6) is 2.36. The lowest BCUT2D eigenvalue weighted by molar-refractivity contribution is 0.205. The minimum Gasteiger partial charge on any atom is -0.496 e. The van der Waals surface area contributed by atoms with Crippen molar-refractivity contribution in [2.75, 3.05) is 13.7 Å². The predicted octanol–water partition coefficient (Wildman–Crippen LogP) is 3.61. The van der Waals surface area contributed by atoms with Crippen LogP contribution in [-0.4, -0.2) is 18.8 Å². The zero-order chi connectivity index (χ0) is 13.3. The molecule has 1 N–H and O–H groups in total. The molecule has 0 radical (unpaired) electrons. The molecule has 0 aromatic heterocycles. The first kappa shape index (κ1) is 13.4. The molecule has 0 heterocycles. The fourth-order valence-corrected chi connectivity index (χ4v) is 3.24. The highest BCUT2D eigenvalue weighted by molar-refractivity contribution is 5.48. The maximum absolute atomic E-state index is 9.44. The number of rotatable bonds is 3.